The molecule has 0 saturated carbocycles. The Morgan fingerprint density at radius 2 is 2.05 bits per heavy atom. The lowest BCUT2D eigenvalue weighted by molar-refractivity contribution is 0.156. The number of hydrogen-bond donors (Lipinski definition) is 1. The normalized spacial score (nSPS) is 18.9. The molecule has 0 amide bonds. The van der Waals surface area contributed by atoms with E-state index in [1.165, 1.54) is 19.4 Å². The van der Waals surface area contributed by atoms with Crippen molar-refractivity contribution >= 4 is 0 Å². The van der Waals surface area contributed by atoms with Gasteiger partial charge < -0.3 is 20.3 Å². The van der Waals surface area contributed by atoms with Gasteiger partial charge >= 0.3 is 0 Å². The smallest absolute Gasteiger partial charge is 0.119 e. The molecule has 1 heterocycles. The molecule has 0 aromatic heterocycles. The molecule has 1 aliphatic heterocycles. The Kier molecular flexibility index (Phi) is 6.03. The molecule has 2 N–H and O–H groups in total. The van der Waals surface area contributed by atoms with Crippen LogP contribution in [0.5, 0.6) is 5.75 Å². The van der Waals surface area contributed by atoms with Crippen LogP contribution in [-0.4, -0.2) is 57.2 Å². The molecule has 1 fully saturated rings. The number of likely N-dealkylation sites (tertiary alicyclic amines) is 1. The van der Waals surface area contributed by atoms with Gasteiger partial charge in [-0.2, -0.15) is 0 Å². The minimum Gasteiger partial charge on any atom is -0.497 e. The summed E-state index contributed by atoms with van der Waals surface area (Å²) in [6, 6.07) is 8.17. The first-order chi connectivity index (χ1) is 10.1. The van der Waals surface area contributed by atoms with Crippen molar-refractivity contribution < 1.29 is 4.74 Å². The number of piperidine rings is 1. The summed E-state index contributed by atoms with van der Waals surface area (Å²) in [6.45, 7) is 4.46. The third-order valence-corrected chi connectivity index (χ3v) is 4.31. The van der Waals surface area contributed by atoms with E-state index in [9.17, 15) is 0 Å². The third kappa shape index (κ3) is 4.99. The van der Waals surface area contributed by atoms with E-state index in [4.69, 9.17) is 10.5 Å². The second kappa shape index (κ2) is 7.78. The molecule has 1 aliphatic rings. The number of hydrogen-bond acceptors (Lipinski definition) is 4. The van der Waals surface area contributed by atoms with Gasteiger partial charge in [0, 0.05) is 19.1 Å². The predicted molar refractivity (Wildman–Crippen MR) is 87.6 cm³/mol. The van der Waals surface area contributed by atoms with Gasteiger partial charge in [0.1, 0.15) is 5.75 Å². The minimum absolute atomic E-state index is 0.0606. The van der Waals surface area contributed by atoms with Crippen LogP contribution in [0.2, 0.25) is 0 Å². The molecule has 4 heteroatoms. The highest BCUT2D eigenvalue weighted by Crippen LogP contribution is 2.22. The standard InChI is InChI=1S/C17H29N3O/c1-19(2)12-14-7-9-20(10-8-14)13-17(18)15-5-4-6-16(11-15)21-3/h4-6,11,14,17H,7-10,12-13,18H2,1-3H3. The van der Waals surface area contributed by atoms with Crippen molar-refractivity contribution in [3.05, 3.63) is 29.8 Å². The van der Waals surface area contributed by atoms with Gasteiger partial charge in [-0.3, -0.25) is 0 Å². The van der Waals surface area contributed by atoms with E-state index in [1.54, 1.807) is 7.11 Å². The van der Waals surface area contributed by atoms with E-state index in [1.807, 2.05) is 18.2 Å². The Morgan fingerprint density at radius 3 is 2.67 bits per heavy atom. The van der Waals surface area contributed by atoms with Gasteiger partial charge in [0.15, 0.2) is 0 Å². The molecule has 1 unspecified atom stereocenters. The van der Waals surface area contributed by atoms with Crippen molar-refractivity contribution in [3.8, 4) is 5.75 Å². The highest BCUT2D eigenvalue weighted by atomic mass is 16.5. The number of nitrogens with zero attached hydrogens (tertiary/aromatic N) is 2. The van der Waals surface area contributed by atoms with Gasteiger partial charge in [-0.15, -0.1) is 0 Å². The van der Waals surface area contributed by atoms with E-state index in [0.717, 1.165) is 36.9 Å². The number of nitrogens with two attached hydrogens (primary N) is 1. The molecule has 0 bridgehead atoms. The van der Waals surface area contributed by atoms with Gasteiger partial charge in [0.25, 0.3) is 0 Å². The van der Waals surface area contributed by atoms with Crippen molar-refractivity contribution in [2.45, 2.75) is 18.9 Å². The minimum atomic E-state index is 0.0606. The van der Waals surface area contributed by atoms with Crippen molar-refractivity contribution in [2.75, 3.05) is 47.4 Å². The Labute approximate surface area is 128 Å². The average molecular weight is 291 g/mol. The van der Waals surface area contributed by atoms with Crippen LogP contribution in [0.15, 0.2) is 24.3 Å². The van der Waals surface area contributed by atoms with Crippen LogP contribution in [0.3, 0.4) is 0 Å². The Hall–Kier alpha value is -1.10. The lowest BCUT2D eigenvalue weighted by atomic mass is 9.95. The first-order valence-electron chi connectivity index (χ1n) is 7.85. The molecule has 2 rings (SSSR count). The maximum absolute atomic E-state index is 6.36. The molecule has 0 spiro atoms. The van der Waals surface area contributed by atoms with E-state index >= 15 is 0 Å². The van der Waals surface area contributed by atoms with E-state index in [0.29, 0.717) is 0 Å². The maximum Gasteiger partial charge on any atom is 0.119 e. The Bertz CT molecular complexity index is 428. The van der Waals surface area contributed by atoms with Crippen molar-refractivity contribution in [2.24, 2.45) is 11.7 Å². The lowest BCUT2D eigenvalue weighted by Crippen LogP contribution is -2.40. The second-order valence-corrected chi connectivity index (χ2v) is 6.39. The van der Waals surface area contributed by atoms with Crippen LogP contribution in [0.1, 0.15) is 24.4 Å². The molecule has 1 aromatic carbocycles. The summed E-state index contributed by atoms with van der Waals surface area (Å²) in [4.78, 5) is 4.79. The lowest BCUT2D eigenvalue weighted by Gasteiger charge is -2.34. The molecular formula is C17H29N3O. The summed E-state index contributed by atoms with van der Waals surface area (Å²) < 4.78 is 5.27. The molecule has 1 saturated heterocycles. The fourth-order valence-corrected chi connectivity index (χ4v) is 3.12. The first kappa shape index (κ1) is 16.3. The summed E-state index contributed by atoms with van der Waals surface area (Å²) in [5.41, 5.74) is 7.52. The molecule has 1 atom stereocenters. The number of ether oxygens (including phenoxy) is 1. The summed E-state index contributed by atoms with van der Waals surface area (Å²) in [5.74, 6) is 1.72. The molecule has 0 aliphatic carbocycles. The first-order valence-corrected chi connectivity index (χ1v) is 7.85. The van der Waals surface area contributed by atoms with Gasteiger partial charge in [0.2, 0.25) is 0 Å². The van der Waals surface area contributed by atoms with Crippen LogP contribution in [0.4, 0.5) is 0 Å². The van der Waals surface area contributed by atoms with Gasteiger partial charge in [-0.1, -0.05) is 12.1 Å². The highest BCUT2D eigenvalue weighted by molar-refractivity contribution is 5.30. The van der Waals surface area contributed by atoms with Crippen molar-refractivity contribution in [1.29, 1.82) is 0 Å². The van der Waals surface area contributed by atoms with E-state index in [-0.39, 0.29) is 6.04 Å². The molecule has 1 aromatic rings. The molecule has 4 nitrogen and oxygen atoms in total. The fourth-order valence-electron chi connectivity index (χ4n) is 3.12. The van der Waals surface area contributed by atoms with Crippen LogP contribution in [0.25, 0.3) is 0 Å². The summed E-state index contributed by atoms with van der Waals surface area (Å²) in [6.07, 6.45) is 2.56. The summed E-state index contributed by atoms with van der Waals surface area (Å²) in [5, 5.41) is 0. The number of methoxy groups -OCH3 is 1. The quantitative estimate of drug-likeness (QED) is 0.870. The van der Waals surface area contributed by atoms with Gasteiger partial charge in [-0.05, 0) is 63.6 Å². The van der Waals surface area contributed by atoms with Crippen LogP contribution in [-0.2, 0) is 0 Å². The Morgan fingerprint density at radius 1 is 1.33 bits per heavy atom. The van der Waals surface area contributed by atoms with Crippen LogP contribution >= 0.6 is 0 Å². The third-order valence-electron chi connectivity index (χ3n) is 4.31. The van der Waals surface area contributed by atoms with Crippen LogP contribution < -0.4 is 10.5 Å². The molecule has 21 heavy (non-hydrogen) atoms. The maximum atomic E-state index is 6.36. The predicted octanol–water partition coefficient (Wildman–Crippen LogP) is 1.97. The second-order valence-electron chi connectivity index (χ2n) is 6.39. The monoisotopic (exact) mass is 291 g/mol. The highest BCUT2D eigenvalue weighted by Gasteiger charge is 2.21. The zero-order valence-corrected chi connectivity index (χ0v) is 13.6. The fraction of sp³-hybridized carbons (Fsp3) is 0.647. The Balaban J connectivity index is 1.82. The van der Waals surface area contributed by atoms with Gasteiger partial charge in [0.05, 0.1) is 7.11 Å². The van der Waals surface area contributed by atoms with Crippen molar-refractivity contribution in [1.82, 2.24) is 9.80 Å². The summed E-state index contributed by atoms with van der Waals surface area (Å²) in [7, 11) is 6.01. The van der Waals surface area contributed by atoms with Crippen LogP contribution in [0, 0.1) is 5.92 Å². The number of benzene rings is 1. The largest absolute Gasteiger partial charge is 0.497 e. The molecule has 118 valence electrons. The average Bonchev–Trinajstić information content (AvgIpc) is 2.49. The zero-order chi connectivity index (χ0) is 15.2. The van der Waals surface area contributed by atoms with Crippen molar-refractivity contribution in [3.63, 3.8) is 0 Å². The SMILES string of the molecule is COc1cccc(C(N)CN2CCC(CN(C)C)CC2)c1. The zero-order valence-electron chi connectivity index (χ0n) is 13.6. The molecule has 0 radical (unpaired) electrons. The van der Waals surface area contributed by atoms with E-state index in [2.05, 4.69) is 30.0 Å². The topological polar surface area (TPSA) is 41.7 Å². The van der Waals surface area contributed by atoms with E-state index < -0.39 is 0 Å². The number of rotatable bonds is 6. The summed E-state index contributed by atoms with van der Waals surface area (Å²) >= 11 is 0. The molecular weight excluding hydrogens is 262 g/mol. The van der Waals surface area contributed by atoms with Gasteiger partial charge in [-0.25, -0.2) is 0 Å².